The maximum absolute atomic E-state index is 5.90. The van der Waals surface area contributed by atoms with Crippen LogP contribution in [0.1, 0.15) is 5.56 Å². The number of hydrazine groups is 1. The number of hydrogen-bond acceptors (Lipinski definition) is 4. The van der Waals surface area contributed by atoms with E-state index in [0.29, 0.717) is 11.4 Å². The summed E-state index contributed by atoms with van der Waals surface area (Å²) in [5.41, 5.74) is 3.76. The highest BCUT2D eigenvalue weighted by Crippen LogP contribution is 2.14. The van der Waals surface area contributed by atoms with Crippen molar-refractivity contribution in [2.75, 3.05) is 14.2 Å². The van der Waals surface area contributed by atoms with Gasteiger partial charge in [-0.2, -0.15) is 0 Å². The average Bonchev–Trinajstić information content (AvgIpc) is 2.29. The molecule has 0 heterocycles. The van der Waals surface area contributed by atoms with Gasteiger partial charge in [-0.05, 0) is 24.1 Å². The summed E-state index contributed by atoms with van der Waals surface area (Å²) in [7, 11) is 3.16. The van der Waals surface area contributed by atoms with Crippen molar-refractivity contribution in [2.24, 2.45) is 5.84 Å². The van der Waals surface area contributed by atoms with E-state index in [1.165, 1.54) is 0 Å². The normalized spacial score (nSPS) is 13.1. The molecule has 0 aliphatic rings. The highest BCUT2D eigenvalue weighted by molar-refractivity contribution is 6.30. The molecule has 0 spiro atoms. The Morgan fingerprint density at radius 2 is 2.06 bits per heavy atom. The van der Waals surface area contributed by atoms with Crippen molar-refractivity contribution in [3.63, 3.8) is 0 Å². The summed E-state index contributed by atoms with van der Waals surface area (Å²) in [6, 6.07) is 7.50. The minimum atomic E-state index is -0.385. The summed E-state index contributed by atoms with van der Waals surface area (Å²) in [6.45, 7) is 0. The highest BCUT2D eigenvalue weighted by Gasteiger charge is 2.19. The van der Waals surface area contributed by atoms with Gasteiger partial charge in [-0.3, -0.25) is 11.3 Å². The summed E-state index contributed by atoms with van der Waals surface area (Å²) >= 11 is 5.90. The zero-order valence-corrected chi connectivity index (χ0v) is 10.2. The molecule has 4 nitrogen and oxygen atoms in total. The molecule has 1 unspecified atom stereocenters. The van der Waals surface area contributed by atoms with E-state index in [1.54, 1.807) is 14.2 Å². The zero-order chi connectivity index (χ0) is 12.0. The molecule has 0 saturated carbocycles. The second-order valence-corrected chi connectivity index (χ2v) is 3.88. The van der Waals surface area contributed by atoms with Crippen molar-refractivity contribution in [3.05, 3.63) is 34.9 Å². The second kappa shape index (κ2) is 6.83. The molecule has 0 saturated heterocycles. The van der Waals surface area contributed by atoms with Crippen LogP contribution in [0.5, 0.6) is 0 Å². The van der Waals surface area contributed by atoms with Gasteiger partial charge < -0.3 is 9.47 Å². The average molecular weight is 245 g/mol. The summed E-state index contributed by atoms with van der Waals surface area (Å²) in [5.74, 6) is 5.47. The van der Waals surface area contributed by atoms with Crippen LogP contribution in [0.25, 0.3) is 0 Å². The quantitative estimate of drug-likeness (QED) is 0.450. The molecule has 1 rings (SSSR count). The predicted octanol–water partition coefficient (Wildman–Crippen LogP) is 1.33. The van der Waals surface area contributed by atoms with Gasteiger partial charge in [0.25, 0.3) is 0 Å². The van der Waals surface area contributed by atoms with E-state index >= 15 is 0 Å². The van der Waals surface area contributed by atoms with Crippen molar-refractivity contribution in [1.82, 2.24) is 5.43 Å². The van der Waals surface area contributed by atoms with E-state index in [-0.39, 0.29) is 12.3 Å². The van der Waals surface area contributed by atoms with E-state index in [1.807, 2.05) is 24.3 Å². The zero-order valence-electron chi connectivity index (χ0n) is 9.44. The van der Waals surface area contributed by atoms with Crippen molar-refractivity contribution < 1.29 is 9.47 Å². The maximum atomic E-state index is 5.90. The lowest BCUT2D eigenvalue weighted by Gasteiger charge is -2.24. The number of nitrogens with two attached hydrogens (primary N) is 1. The molecule has 16 heavy (non-hydrogen) atoms. The van der Waals surface area contributed by atoms with Crippen molar-refractivity contribution in [3.8, 4) is 0 Å². The monoisotopic (exact) mass is 244 g/mol. The van der Waals surface area contributed by atoms with Gasteiger partial charge >= 0.3 is 0 Å². The summed E-state index contributed by atoms with van der Waals surface area (Å²) in [5, 5.41) is 0.708. The van der Waals surface area contributed by atoms with Crippen LogP contribution in [0.15, 0.2) is 24.3 Å². The molecular weight excluding hydrogens is 228 g/mol. The fourth-order valence-corrected chi connectivity index (χ4v) is 1.79. The molecule has 1 atom stereocenters. The molecule has 0 amide bonds. The Morgan fingerprint density at radius 3 is 2.56 bits per heavy atom. The second-order valence-electron chi connectivity index (χ2n) is 3.45. The first-order valence-corrected chi connectivity index (χ1v) is 5.35. The van der Waals surface area contributed by atoms with Crippen LogP contribution in [-0.4, -0.2) is 26.6 Å². The number of nitrogens with one attached hydrogen (secondary N) is 1. The predicted molar refractivity (Wildman–Crippen MR) is 64.1 cm³/mol. The number of hydrogen-bond donors (Lipinski definition) is 2. The van der Waals surface area contributed by atoms with Crippen LogP contribution in [0.4, 0.5) is 0 Å². The number of ether oxygens (including phenoxy) is 2. The minimum absolute atomic E-state index is 0.117. The molecular formula is C11H17ClN2O2. The standard InChI is InChI=1S/C11H17ClN2O2/c1-15-11(16-2)10(14-13)7-8-4-3-5-9(12)6-8/h3-6,10-11,14H,7,13H2,1-2H3. The topological polar surface area (TPSA) is 56.5 Å². The van der Waals surface area contributed by atoms with Gasteiger partial charge in [-0.25, -0.2) is 0 Å². The molecule has 5 heteroatoms. The van der Waals surface area contributed by atoms with Crippen LogP contribution in [0, 0.1) is 0 Å². The van der Waals surface area contributed by atoms with Crippen molar-refractivity contribution in [1.29, 1.82) is 0 Å². The number of methoxy groups -OCH3 is 2. The highest BCUT2D eigenvalue weighted by atomic mass is 35.5. The lowest BCUT2D eigenvalue weighted by atomic mass is 10.1. The van der Waals surface area contributed by atoms with Gasteiger partial charge in [0.2, 0.25) is 0 Å². The Morgan fingerprint density at radius 1 is 1.38 bits per heavy atom. The van der Waals surface area contributed by atoms with Crippen LogP contribution in [0.2, 0.25) is 5.02 Å². The molecule has 0 aliphatic carbocycles. The van der Waals surface area contributed by atoms with Gasteiger partial charge in [0.05, 0.1) is 6.04 Å². The summed E-state index contributed by atoms with van der Waals surface area (Å²) in [4.78, 5) is 0. The van der Waals surface area contributed by atoms with Gasteiger partial charge in [0.15, 0.2) is 6.29 Å². The van der Waals surface area contributed by atoms with Crippen LogP contribution in [-0.2, 0) is 15.9 Å². The van der Waals surface area contributed by atoms with Crippen molar-refractivity contribution in [2.45, 2.75) is 18.8 Å². The third-order valence-electron chi connectivity index (χ3n) is 2.35. The van der Waals surface area contributed by atoms with E-state index in [9.17, 15) is 0 Å². The van der Waals surface area contributed by atoms with Gasteiger partial charge in [0.1, 0.15) is 0 Å². The van der Waals surface area contributed by atoms with Crippen LogP contribution < -0.4 is 11.3 Å². The van der Waals surface area contributed by atoms with Gasteiger partial charge in [0, 0.05) is 19.2 Å². The Kier molecular flexibility index (Phi) is 5.73. The van der Waals surface area contributed by atoms with E-state index < -0.39 is 0 Å². The third-order valence-corrected chi connectivity index (χ3v) is 2.59. The molecule has 90 valence electrons. The first kappa shape index (κ1) is 13.4. The van der Waals surface area contributed by atoms with E-state index in [0.717, 1.165) is 5.56 Å². The van der Waals surface area contributed by atoms with Crippen LogP contribution in [0.3, 0.4) is 0 Å². The molecule has 0 aromatic heterocycles. The summed E-state index contributed by atoms with van der Waals surface area (Å²) in [6.07, 6.45) is 0.299. The molecule has 0 aliphatic heterocycles. The lowest BCUT2D eigenvalue weighted by molar-refractivity contribution is -0.122. The van der Waals surface area contributed by atoms with Crippen LogP contribution >= 0.6 is 11.6 Å². The first-order chi connectivity index (χ1) is 7.71. The smallest absolute Gasteiger partial charge is 0.173 e. The third kappa shape index (κ3) is 3.73. The Labute approximate surface area is 101 Å². The van der Waals surface area contributed by atoms with Gasteiger partial charge in [-0.1, -0.05) is 23.7 Å². The SMILES string of the molecule is COC(OC)C(Cc1cccc(Cl)c1)NN. The van der Waals surface area contributed by atoms with E-state index in [4.69, 9.17) is 26.9 Å². The Hall–Kier alpha value is -0.650. The molecule has 0 radical (unpaired) electrons. The largest absolute Gasteiger partial charge is 0.354 e. The Balaban J connectivity index is 2.69. The first-order valence-electron chi connectivity index (χ1n) is 4.97. The number of halogens is 1. The minimum Gasteiger partial charge on any atom is -0.354 e. The number of rotatable bonds is 6. The molecule has 0 bridgehead atoms. The molecule has 0 fully saturated rings. The van der Waals surface area contributed by atoms with E-state index in [2.05, 4.69) is 5.43 Å². The summed E-state index contributed by atoms with van der Waals surface area (Å²) < 4.78 is 10.3. The van der Waals surface area contributed by atoms with Crippen molar-refractivity contribution >= 4 is 11.6 Å². The fraction of sp³-hybridized carbons (Fsp3) is 0.455. The molecule has 1 aromatic carbocycles. The maximum Gasteiger partial charge on any atom is 0.173 e. The lowest BCUT2D eigenvalue weighted by Crippen LogP contribution is -2.47. The fourth-order valence-electron chi connectivity index (χ4n) is 1.58. The molecule has 3 N–H and O–H groups in total. The van der Waals surface area contributed by atoms with Gasteiger partial charge in [-0.15, -0.1) is 0 Å². The Bertz CT molecular complexity index is 319. The number of benzene rings is 1. The molecule has 1 aromatic rings.